The molecular weight excluding hydrogens is 374 g/mol. The monoisotopic (exact) mass is 399 g/mol. The average Bonchev–Trinajstić information content (AvgIpc) is 2.96. The lowest BCUT2D eigenvalue weighted by Gasteiger charge is -2.29. The zero-order valence-electron chi connectivity index (χ0n) is 14.6. The molecule has 0 amide bonds. The first-order valence-electron chi connectivity index (χ1n) is 8.87. The van der Waals surface area contributed by atoms with Crippen LogP contribution in [0.25, 0.3) is 0 Å². The molecule has 0 bridgehead atoms. The zero-order chi connectivity index (χ0) is 17.6. The highest BCUT2D eigenvalue weighted by Gasteiger charge is 2.23. The highest BCUT2D eigenvalue weighted by molar-refractivity contribution is 7.73. The molecular formula is C17H26ClN5S2+2. The van der Waals surface area contributed by atoms with Gasteiger partial charge in [-0.1, -0.05) is 42.0 Å². The quantitative estimate of drug-likeness (QED) is 0.610. The van der Waals surface area contributed by atoms with Crippen LogP contribution >= 0.6 is 35.2 Å². The molecule has 8 heteroatoms. The number of halogens is 1. The smallest absolute Gasteiger partial charge is 0.204 e. The van der Waals surface area contributed by atoms with Crippen LogP contribution in [0.2, 0.25) is 5.02 Å². The van der Waals surface area contributed by atoms with Crippen LogP contribution in [0.4, 0.5) is 5.13 Å². The van der Waals surface area contributed by atoms with Crippen molar-refractivity contribution in [3.05, 3.63) is 38.8 Å². The predicted molar refractivity (Wildman–Crippen MR) is 106 cm³/mol. The lowest BCUT2D eigenvalue weighted by Crippen LogP contribution is -3.27. The summed E-state index contributed by atoms with van der Waals surface area (Å²) < 4.78 is 2.85. The van der Waals surface area contributed by atoms with Crippen molar-refractivity contribution in [2.45, 2.75) is 26.6 Å². The fraction of sp³-hybridized carbons (Fsp3) is 0.529. The molecule has 1 saturated heterocycles. The maximum Gasteiger partial charge on any atom is 0.204 e. The first kappa shape index (κ1) is 18.8. The third-order valence-corrected chi connectivity index (χ3v) is 6.05. The minimum atomic E-state index is 0.806. The van der Waals surface area contributed by atoms with Gasteiger partial charge in [-0.2, -0.15) is 4.68 Å². The number of nitrogens with zero attached hydrogens (tertiary/aromatic N) is 2. The van der Waals surface area contributed by atoms with Gasteiger partial charge in [-0.25, -0.2) is 0 Å². The maximum absolute atomic E-state index is 5.96. The van der Waals surface area contributed by atoms with Crippen LogP contribution in [0.3, 0.4) is 0 Å². The summed E-state index contributed by atoms with van der Waals surface area (Å²) in [6.45, 7) is 9.71. The summed E-state index contributed by atoms with van der Waals surface area (Å²) in [6.07, 6.45) is 1.09. The van der Waals surface area contributed by atoms with Crippen LogP contribution in [-0.2, 0) is 13.2 Å². The third-order valence-electron chi connectivity index (χ3n) is 4.54. The Hall–Kier alpha value is -0.990. The Morgan fingerprint density at radius 3 is 2.56 bits per heavy atom. The summed E-state index contributed by atoms with van der Waals surface area (Å²) in [4.78, 5) is 3.20. The molecule has 3 rings (SSSR count). The van der Waals surface area contributed by atoms with Gasteiger partial charge in [0, 0.05) is 17.1 Å². The van der Waals surface area contributed by atoms with Crippen LogP contribution < -0.4 is 15.1 Å². The normalized spacial score (nSPS) is 20.6. The minimum absolute atomic E-state index is 0.806. The van der Waals surface area contributed by atoms with Crippen molar-refractivity contribution in [1.29, 1.82) is 0 Å². The van der Waals surface area contributed by atoms with E-state index in [-0.39, 0.29) is 0 Å². The molecule has 1 aromatic carbocycles. The fourth-order valence-corrected chi connectivity index (χ4v) is 4.26. The first-order valence-corrected chi connectivity index (χ1v) is 10.5. The van der Waals surface area contributed by atoms with Gasteiger partial charge in [-0.3, -0.25) is 0 Å². The van der Waals surface area contributed by atoms with E-state index in [2.05, 4.69) is 29.5 Å². The number of piperazine rings is 1. The fourth-order valence-electron chi connectivity index (χ4n) is 3.10. The largest absolute Gasteiger partial charge is 0.360 e. The van der Waals surface area contributed by atoms with E-state index in [0.717, 1.165) is 53.4 Å². The summed E-state index contributed by atoms with van der Waals surface area (Å²) in [7, 11) is 0. The van der Waals surface area contributed by atoms with Crippen molar-refractivity contribution in [1.82, 2.24) is 9.78 Å². The maximum atomic E-state index is 5.96. The number of benzene rings is 1. The number of quaternary nitrogens is 2. The number of aromatic nitrogens is 2. The van der Waals surface area contributed by atoms with E-state index in [4.69, 9.17) is 23.8 Å². The van der Waals surface area contributed by atoms with Crippen LogP contribution in [0.1, 0.15) is 18.9 Å². The molecule has 136 valence electrons. The Balaban J connectivity index is 1.48. The summed E-state index contributed by atoms with van der Waals surface area (Å²) in [5.74, 6) is 0. The van der Waals surface area contributed by atoms with E-state index in [1.807, 2.05) is 16.8 Å². The van der Waals surface area contributed by atoms with Crippen molar-refractivity contribution in [3.63, 3.8) is 0 Å². The Bertz CT molecular complexity index is 719. The minimum Gasteiger partial charge on any atom is -0.360 e. The Kier molecular flexibility index (Phi) is 6.84. The van der Waals surface area contributed by atoms with Gasteiger partial charge in [-0.05, 0) is 30.8 Å². The molecule has 0 atom stereocenters. The molecule has 3 N–H and O–H groups in total. The summed E-state index contributed by atoms with van der Waals surface area (Å²) >= 11 is 13.0. The molecule has 0 aliphatic carbocycles. The van der Waals surface area contributed by atoms with Crippen molar-refractivity contribution >= 4 is 40.3 Å². The number of hydrogen-bond acceptors (Lipinski definition) is 4. The molecule has 1 aliphatic rings. The molecule has 1 fully saturated rings. The molecule has 1 aliphatic heterocycles. The average molecular weight is 400 g/mol. The van der Waals surface area contributed by atoms with Gasteiger partial charge < -0.3 is 15.1 Å². The lowest BCUT2D eigenvalue weighted by atomic mass is 10.2. The molecule has 0 unspecified atom stereocenters. The number of nitrogens with one attached hydrogen (secondary N) is 3. The second-order valence-corrected chi connectivity index (χ2v) is 8.62. The molecule has 0 radical (unpaired) electrons. The highest BCUT2D eigenvalue weighted by atomic mass is 35.5. The van der Waals surface area contributed by atoms with E-state index in [1.165, 1.54) is 18.7 Å². The van der Waals surface area contributed by atoms with Crippen molar-refractivity contribution in [2.24, 2.45) is 0 Å². The SMILES string of the molecule is CCCNc1nn(C[NH+]2CC[NH+](Cc3ccc(Cl)cc3)CC2)c(=S)s1. The van der Waals surface area contributed by atoms with Gasteiger partial charge in [0.05, 0.1) is 0 Å². The number of anilines is 1. The lowest BCUT2D eigenvalue weighted by molar-refractivity contribution is -1.03. The number of hydrogen-bond donors (Lipinski definition) is 3. The molecule has 2 heterocycles. The van der Waals surface area contributed by atoms with E-state index in [9.17, 15) is 0 Å². The molecule has 0 saturated carbocycles. The molecule has 2 aromatic rings. The van der Waals surface area contributed by atoms with E-state index >= 15 is 0 Å². The van der Waals surface area contributed by atoms with E-state index in [0.29, 0.717) is 0 Å². The van der Waals surface area contributed by atoms with Crippen LogP contribution in [0.5, 0.6) is 0 Å². The third kappa shape index (κ3) is 5.49. The Labute approximate surface area is 163 Å². The second-order valence-electron chi connectivity index (χ2n) is 6.56. The number of rotatable bonds is 7. The van der Waals surface area contributed by atoms with Gasteiger partial charge in [0.1, 0.15) is 32.7 Å². The molecule has 25 heavy (non-hydrogen) atoms. The van der Waals surface area contributed by atoms with Crippen molar-refractivity contribution in [3.8, 4) is 0 Å². The van der Waals surface area contributed by atoms with E-state index in [1.54, 1.807) is 21.1 Å². The van der Waals surface area contributed by atoms with Gasteiger partial charge >= 0.3 is 0 Å². The predicted octanol–water partition coefficient (Wildman–Crippen LogP) is 1.09. The van der Waals surface area contributed by atoms with Gasteiger partial charge in [0.15, 0.2) is 10.6 Å². The standard InChI is InChI=1S/C17H24ClN5S2/c1-2-7-19-16-20-23(17(24)25-16)13-22-10-8-21(9-11-22)12-14-3-5-15(18)6-4-14/h3-6H,2,7-13H2,1H3,(H,19,20)/p+2. The second kappa shape index (κ2) is 9.09. The molecule has 1 aromatic heterocycles. The van der Waals surface area contributed by atoms with Gasteiger partial charge in [0.2, 0.25) is 5.13 Å². The van der Waals surface area contributed by atoms with Gasteiger partial charge in [0.25, 0.3) is 0 Å². The topological polar surface area (TPSA) is 38.7 Å². The highest BCUT2D eigenvalue weighted by Crippen LogP contribution is 2.13. The zero-order valence-corrected chi connectivity index (χ0v) is 16.9. The summed E-state index contributed by atoms with van der Waals surface area (Å²) in [5.41, 5.74) is 1.36. The van der Waals surface area contributed by atoms with Gasteiger partial charge in [-0.15, -0.1) is 5.10 Å². The van der Waals surface area contributed by atoms with Crippen molar-refractivity contribution in [2.75, 3.05) is 38.0 Å². The van der Waals surface area contributed by atoms with Crippen molar-refractivity contribution < 1.29 is 9.80 Å². The first-order chi connectivity index (χ1) is 12.1. The van der Waals surface area contributed by atoms with Crippen LogP contribution in [-0.4, -0.2) is 42.5 Å². The molecule has 0 spiro atoms. The summed E-state index contributed by atoms with van der Waals surface area (Å²) in [6, 6.07) is 8.22. The van der Waals surface area contributed by atoms with Crippen LogP contribution in [0, 0.1) is 3.95 Å². The Morgan fingerprint density at radius 1 is 1.20 bits per heavy atom. The molecule has 5 nitrogen and oxygen atoms in total. The summed E-state index contributed by atoms with van der Waals surface area (Å²) in [5, 5.41) is 9.69. The Morgan fingerprint density at radius 2 is 1.88 bits per heavy atom. The van der Waals surface area contributed by atoms with E-state index < -0.39 is 0 Å². The van der Waals surface area contributed by atoms with Crippen LogP contribution in [0.15, 0.2) is 24.3 Å².